The first kappa shape index (κ1) is 20.5. The summed E-state index contributed by atoms with van der Waals surface area (Å²) in [5.74, 6) is 1.97. The van der Waals surface area contributed by atoms with Gasteiger partial charge in [-0.05, 0) is 68.4 Å². The lowest BCUT2D eigenvalue weighted by molar-refractivity contribution is 0.444. The molecule has 1 unspecified atom stereocenters. The molecule has 1 saturated heterocycles. The normalized spacial score (nSPS) is 16.7. The number of nitrogens with one attached hydrogen (secondary N) is 2. The Bertz CT molecular complexity index is 796. The highest BCUT2D eigenvalue weighted by molar-refractivity contribution is 7.80. The molecule has 2 heterocycles. The molecule has 28 heavy (non-hydrogen) atoms. The van der Waals surface area contributed by atoms with Crippen LogP contribution in [0.1, 0.15) is 37.4 Å². The lowest BCUT2D eigenvalue weighted by Gasteiger charge is -2.32. The molecule has 0 bridgehead atoms. The van der Waals surface area contributed by atoms with Crippen molar-refractivity contribution in [2.45, 2.75) is 39.5 Å². The Morgan fingerprint density at radius 2 is 2.07 bits per heavy atom. The molecule has 0 amide bonds. The molecule has 2 N–H and O–H groups in total. The maximum Gasteiger partial charge on any atom is 0.231 e. The third-order valence-electron chi connectivity index (χ3n) is 4.89. The van der Waals surface area contributed by atoms with Gasteiger partial charge in [0.25, 0.3) is 0 Å². The number of halogens is 1. The number of aryl methyl sites for hydroxylation is 2. The Labute approximate surface area is 171 Å². The Hall–Kier alpha value is -2.28. The lowest BCUT2D eigenvalue weighted by atomic mass is 10.0. The molecule has 1 aromatic carbocycles. The van der Waals surface area contributed by atoms with Crippen LogP contribution in [-0.2, 0) is 6.42 Å². The Morgan fingerprint density at radius 1 is 1.29 bits per heavy atom. The summed E-state index contributed by atoms with van der Waals surface area (Å²) in [6.07, 6.45) is 4.24. The summed E-state index contributed by atoms with van der Waals surface area (Å²) >= 11 is 5.38. The van der Waals surface area contributed by atoms with Crippen LogP contribution in [0.25, 0.3) is 0 Å². The van der Waals surface area contributed by atoms with Crippen molar-refractivity contribution >= 4 is 29.1 Å². The van der Waals surface area contributed by atoms with E-state index in [4.69, 9.17) is 12.2 Å². The van der Waals surface area contributed by atoms with E-state index >= 15 is 0 Å². The number of benzene rings is 1. The predicted octanol–water partition coefficient (Wildman–Crippen LogP) is 4.08. The molecule has 1 aromatic heterocycles. The fourth-order valence-corrected chi connectivity index (χ4v) is 3.65. The molecule has 7 heteroatoms. The van der Waals surface area contributed by atoms with Gasteiger partial charge in [-0.1, -0.05) is 19.1 Å². The van der Waals surface area contributed by atoms with Crippen molar-refractivity contribution in [2.75, 3.05) is 29.9 Å². The van der Waals surface area contributed by atoms with Crippen molar-refractivity contribution in [3.63, 3.8) is 0 Å². The maximum atomic E-state index is 12.9. The summed E-state index contributed by atoms with van der Waals surface area (Å²) in [4.78, 5) is 11.4. The summed E-state index contributed by atoms with van der Waals surface area (Å²) < 4.78 is 12.9. The largest absolute Gasteiger partial charge is 0.362 e. The van der Waals surface area contributed by atoms with Gasteiger partial charge in [-0.2, -0.15) is 4.98 Å². The molecule has 0 aliphatic carbocycles. The summed E-state index contributed by atoms with van der Waals surface area (Å²) in [5.41, 5.74) is 2.04. The van der Waals surface area contributed by atoms with E-state index in [0.29, 0.717) is 17.0 Å². The molecule has 1 atom stereocenters. The van der Waals surface area contributed by atoms with E-state index in [9.17, 15) is 4.39 Å². The quantitative estimate of drug-likeness (QED) is 0.562. The second kappa shape index (κ2) is 9.78. The second-order valence-electron chi connectivity index (χ2n) is 7.50. The summed E-state index contributed by atoms with van der Waals surface area (Å²) in [5, 5.41) is 6.81. The number of rotatable bonds is 6. The van der Waals surface area contributed by atoms with Gasteiger partial charge in [0.15, 0.2) is 5.11 Å². The van der Waals surface area contributed by atoms with Gasteiger partial charge in [0.05, 0.1) is 0 Å². The summed E-state index contributed by atoms with van der Waals surface area (Å²) in [6.45, 7) is 7.05. The fourth-order valence-electron chi connectivity index (χ4n) is 3.46. The van der Waals surface area contributed by atoms with Gasteiger partial charge in [-0.3, -0.25) is 0 Å². The smallest absolute Gasteiger partial charge is 0.231 e. The predicted molar refractivity (Wildman–Crippen MR) is 116 cm³/mol. The van der Waals surface area contributed by atoms with E-state index in [1.54, 1.807) is 0 Å². The third-order valence-corrected chi connectivity index (χ3v) is 5.13. The third kappa shape index (κ3) is 6.12. The Kier molecular flexibility index (Phi) is 7.14. The minimum atomic E-state index is -0.205. The number of thiocarbonyl (C=S) groups is 1. The molecule has 1 fully saturated rings. The summed E-state index contributed by atoms with van der Waals surface area (Å²) in [6, 6.07) is 8.64. The van der Waals surface area contributed by atoms with Crippen LogP contribution in [0.3, 0.4) is 0 Å². The monoisotopic (exact) mass is 401 g/mol. The van der Waals surface area contributed by atoms with Crippen LogP contribution in [0, 0.1) is 18.7 Å². The Balaban J connectivity index is 1.48. The highest BCUT2D eigenvalue weighted by atomic mass is 32.1. The van der Waals surface area contributed by atoms with Gasteiger partial charge in [0.2, 0.25) is 5.95 Å². The van der Waals surface area contributed by atoms with E-state index in [-0.39, 0.29) is 5.82 Å². The molecule has 0 radical (unpaired) electrons. The highest BCUT2D eigenvalue weighted by Gasteiger charge is 2.18. The molecule has 5 nitrogen and oxygen atoms in total. The van der Waals surface area contributed by atoms with Crippen LogP contribution in [0.4, 0.5) is 16.2 Å². The molecule has 2 aromatic rings. The minimum Gasteiger partial charge on any atom is -0.362 e. The zero-order chi connectivity index (χ0) is 19.9. The molecule has 150 valence electrons. The van der Waals surface area contributed by atoms with Crippen molar-refractivity contribution in [1.29, 1.82) is 0 Å². The maximum absolute atomic E-state index is 12.9. The van der Waals surface area contributed by atoms with Crippen LogP contribution in [0.5, 0.6) is 0 Å². The highest BCUT2D eigenvalue weighted by Crippen LogP contribution is 2.22. The van der Waals surface area contributed by atoms with E-state index in [2.05, 4.69) is 32.4 Å². The van der Waals surface area contributed by atoms with Crippen LogP contribution in [0.2, 0.25) is 0 Å². The minimum absolute atomic E-state index is 0.205. The number of hydrogen-bond acceptors (Lipinski definition) is 4. The van der Waals surface area contributed by atoms with Crippen molar-refractivity contribution in [1.82, 2.24) is 15.3 Å². The molecular formula is C21H28FN5S. The first-order chi connectivity index (χ1) is 13.5. The van der Waals surface area contributed by atoms with E-state index < -0.39 is 0 Å². The van der Waals surface area contributed by atoms with Crippen molar-refractivity contribution in [3.05, 3.63) is 47.4 Å². The first-order valence-corrected chi connectivity index (χ1v) is 10.3. The van der Waals surface area contributed by atoms with E-state index in [1.807, 2.05) is 25.1 Å². The summed E-state index contributed by atoms with van der Waals surface area (Å²) in [7, 11) is 0. The zero-order valence-electron chi connectivity index (χ0n) is 16.5. The van der Waals surface area contributed by atoms with Gasteiger partial charge >= 0.3 is 0 Å². The van der Waals surface area contributed by atoms with Gasteiger partial charge in [0.1, 0.15) is 11.6 Å². The van der Waals surface area contributed by atoms with Gasteiger partial charge in [-0.15, -0.1) is 0 Å². The number of hydrogen-bond donors (Lipinski definition) is 2. The Morgan fingerprint density at radius 3 is 2.82 bits per heavy atom. The number of aromatic nitrogens is 2. The average Bonchev–Trinajstić information content (AvgIpc) is 2.66. The molecule has 1 aliphatic rings. The van der Waals surface area contributed by atoms with Crippen molar-refractivity contribution in [3.8, 4) is 0 Å². The standard InChI is InChI=1S/C21H28FN5S/c1-15-5-4-12-27(14-15)19-13-16(2)24-20(25-19)26-21(28)23-11-3-6-17-7-9-18(22)10-8-17/h7-10,13,15H,3-6,11-12,14H2,1-2H3,(H2,23,24,25,26,28). The van der Waals surface area contributed by atoms with Crippen LogP contribution in [-0.4, -0.2) is 34.7 Å². The van der Waals surface area contributed by atoms with Gasteiger partial charge in [0, 0.05) is 31.4 Å². The lowest BCUT2D eigenvalue weighted by Crippen LogP contribution is -2.35. The van der Waals surface area contributed by atoms with Crippen LogP contribution >= 0.6 is 12.2 Å². The first-order valence-electron chi connectivity index (χ1n) is 9.89. The fraction of sp³-hybridized carbons (Fsp3) is 0.476. The van der Waals surface area contributed by atoms with E-state index in [1.165, 1.54) is 25.0 Å². The van der Waals surface area contributed by atoms with Gasteiger partial charge < -0.3 is 15.5 Å². The number of nitrogens with zero attached hydrogens (tertiary/aromatic N) is 3. The molecular weight excluding hydrogens is 373 g/mol. The van der Waals surface area contributed by atoms with E-state index in [0.717, 1.165) is 49.6 Å². The molecule has 0 spiro atoms. The SMILES string of the molecule is Cc1cc(N2CCCC(C)C2)nc(NC(=S)NCCCc2ccc(F)cc2)n1. The van der Waals surface area contributed by atoms with Crippen molar-refractivity contribution < 1.29 is 4.39 Å². The zero-order valence-corrected chi connectivity index (χ0v) is 17.4. The second-order valence-corrected chi connectivity index (χ2v) is 7.90. The van der Waals surface area contributed by atoms with Crippen LogP contribution in [0.15, 0.2) is 30.3 Å². The molecule has 3 rings (SSSR count). The number of anilines is 2. The molecule has 0 saturated carbocycles. The van der Waals surface area contributed by atoms with Gasteiger partial charge in [-0.25, -0.2) is 9.37 Å². The topological polar surface area (TPSA) is 53.1 Å². The average molecular weight is 402 g/mol. The van der Waals surface area contributed by atoms with Crippen molar-refractivity contribution in [2.24, 2.45) is 5.92 Å². The number of piperidine rings is 1. The molecule has 1 aliphatic heterocycles. The van der Waals surface area contributed by atoms with Crippen LogP contribution < -0.4 is 15.5 Å².